The van der Waals surface area contributed by atoms with Crippen LogP contribution in [0.1, 0.15) is 35.2 Å². The van der Waals surface area contributed by atoms with E-state index >= 15 is 0 Å². The predicted molar refractivity (Wildman–Crippen MR) is 128 cm³/mol. The van der Waals surface area contributed by atoms with Gasteiger partial charge in [-0.3, -0.25) is 19.7 Å². The quantitative estimate of drug-likeness (QED) is 0.193. The monoisotopic (exact) mass is 470 g/mol. The van der Waals surface area contributed by atoms with E-state index < -0.39 is 22.7 Å². The van der Waals surface area contributed by atoms with Crippen molar-refractivity contribution < 1.29 is 24.4 Å². The van der Waals surface area contributed by atoms with Gasteiger partial charge in [-0.1, -0.05) is 30.3 Å². The molecule has 0 bridgehead atoms. The van der Waals surface area contributed by atoms with Crippen molar-refractivity contribution in [2.45, 2.75) is 32.0 Å². The number of aliphatic hydroxyl groups is 1. The molecule has 0 radical (unpaired) electrons. The highest BCUT2D eigenvalue weighted by atomic mass is 16.6. The number of carbonyl (C=O) groups excluding carboxylic acids is 2. The van der Waals surface area contributed by atoms with E-state index in [0.717, 1.165) is 16.9 Å². The number of ether oxygens (including phenoxy) is 1. The summed E-state index contributed by atoms with van der Waals surface area (Å²) in [7, 11) is 0. The van der Waals surface area contributed by atoms with Crippen molar-refractivity contribution in [1.29, 1.82) is 0 Å². The molecule has 2 aliphatic heterocycles. The number of hydrogen-bond acceptors (Lipinski definition) is 6. The van der Waals surface area contributed by atoms with Gasteiger partial charge in [0.1, 0.15) is 17.6 Å². The number of aliphatic hydroxyl groups excluding tert-OH is 1. The maximum Gasteiger partial charge on any atom is 0.295 e. The van der Waals surface area contributed by atoms with Gasteiger partial charge in [0.25, 0.3) is 17.4 Å². The summed E-state index contributed by atoms with van der Waals surface area (Å²) >= 11 is 0. The van der Waals surface area contributed by atoms with Crippen LogP contribution < -0.4 is 4.74 Å². The lowest BCUT2D eigenvalue weighted by Gasteiger charge is -2.25. The summed E-state index contributed by atoms with van der Waals surface area (Å²) < 4.78 is 5.73. The highest BCUT2D eigenvalue weighted by Gasteiger charge is 2.46. The number of nitrogens with zero attached hydrogens (tertiary/aromatic N) is 2. The molecular formula is C27H22N2O6. The molecule has 2 atom stereocenters. The first kappa shape index (κ1) is 22.3. The maximum atomic E-state index is 13.2. The van der Waals surface area contributed by atoms with Crippen molar-refractivity contribution >= 4 is 23.1 Å². The van der Waals surface area contributed by atoms with Crippen LogP contribution in [0.5, 0.6) is 5.75 Å². The lowest BCUT2D eigenvalue weighted by Crippen LogP contribution is -2.29. The average molecular weight is 470 g/mol. The molecular weight excluding hydrogens is 448 g/mol. The zero-order valence-corrected chi connectivity index (χ0v) is 18.9. The molecule has 3 aromatic rings. The number of non-ortho nitro benzene ring substituents is 1. The third-order valence-corrected chi connectivity index (χ3v) is 6.32. The fourth-order valence-electron chi connectivity index (χ4n) is 4.67. The predicted octanol–water partition coefficient (Wildman–Crippen LogP) is 4.54. The summed E-state index contributed by atoms with van der Waals surface area (Å²) in [5.41, 5.74) is 2.46. The zero-order valence-electron chi connectivity index (χ0n) is 18.9. The minimum atomic E-state index is -0.903. The number of Topliss-reactive ketones (excluding diaryl/α,β-unsaturated/α-hetero) is 1. The van der Waals surface area contributed by atoms with Crippen molar-refractivity contribution in [3.8, 4) is 5.75 Å². The molecule has 1 amide bonds. The fraction of sp³-hybridized carbons (Fsp3) is 0.185. The van der Waals surface area contributed by atoms with Crippen molar-refractivity contribution in [3.05, 3.63) is 111 Å². The molecule has 0 spiro atoms. The van der Waals surface area contributed by atoms with Crippen LogP contribution in [0.4, 0.5) is 5.69 Å². The van der Waals surface area contributed by atoms with Gasteiger partial charge < -0.3 is 14.7 Å². The van der Waals surface area contributed by atoms with Gasteiger partial charge in [-0.05, 0) is 53.9 Å². The molecule has 0 unspecified atom stereocenters. The average Bonchev–Trinajstić information content (AvgIpc) is 3.35. The van der Waals surface area contributed by atoms with Gasteiger partial charge in [0.2, 0.25) is 0 Å². The Morgan fingerprint density at radius 3 is 2.49 bits per heavy atom. The molecule has 8 nitrogen and oxygen atoms in total. The number of benzene rings is 3. The van der Waals surface area contributed by atoms with Crippen LogP contribution in [-0.4, -0.2) is 32.7 Å². The number of ketones is 1. The summed E-state index contributed by atoms with van der Waals surface area (Å²) in [6.07, 6.45) is 0.684. The molecule has 1 N–H and O–H groups in total. The maximum absolute atomic E-state index is 13.2. The molecule has 8 heteroatoms. The van der Waals surface area contributed by atoms with Gasteiger partial charge in [0.05, 0.1) is 16.5 Å². The number of likely N-dealkylation sites (tertiary alicyclic amines) is 1. The third kappa shape index (κ3) is 4.03. The minimum absolute atomic E-state index is 0.0129. The fourth-order valence-corrected chi connectivity index (χ4v) is 4.67. The second-order valence-electron chi connectivity index (χ2n) is 8.72. The summed E-state index contributed by atoms with van der Waals surface area (Å²) in [5, 5.41) is 22.4. The van der Waals surface area contributed by atoms with E-state index in [1.165, 1.54) is 29.2 Å². The number of nitro benzene ring substituents is 1. The zero-order chi connectivity index (χ0) is 24.7. The van der Waals surface area contributed by atoms with Crippen molar-refractivity contribution in [2.75, 3.05) is 0 Å². The van der Waals surface area contributed by atoms with E-state index in [9.17, 15) is 24.8 Å². The topological polar surface area (TPSA) is 110 Å². The lowest BCUT2D eigenvalue weighted by atomic mass is 9.94. The van der Waals surface area contributed by atoms with Crippen molar-refractivity contribution in [3.63, 3.8) is 0 Å². The SMILES string of the molecule is C[C@@H]1Cc2cc(/C(O)=C3\C(=O)C(=O)N(Cc4ccccc4)[C@@H]3c3ccc([N+](=O)[O-])cc3)ccc2O1. The van der Waals surface area contributed by atoms with E-state index in [1.54, 1.807) is 18.2 Å². The standard InChI is InChI=1S/C27H22N2O6/c1-16-13-20-14-19(9-12-22(20)35-16)25(30)23-24(18-7-10-21(11-8-18)29(33)34)28(27(32)26(23)31)15-17-5-3-2-4-6-17/h2-12,14,16,24,30H,13,15H2,1H3/b25-23+/t16-,24-/m1/s1. The van der Waals surface area contributed by atoms with E-state index in [0.29, 0.717) is 17.5 Å². The number of nitro groups is 1. The highest BCUT2D eigenvalue weighted by molar-refractivity contribution is 6.46. The van der Waals surface area contributed by atoms with Gasteiger partial charge in [-0.25, -0.2) is 0 Å². The second-order valence-corrected chi connectivity index (χ2v) is 8.72. The number of carbonyl (C=O) groups is 2. The van der Waals surface area contributed by atoms with Crippen LogP contribution in [-0.2, 0) is 22.6 Å². The Kier molecular flexibility index (Phi) is 5.56. The molecule has 0 aliphatic carbocycles. The normalized spacial score (nSPS) is 20.5. The Labute approximate surface area is 201 Å². The van der Waals surface area contributed by atoms with Gasteiger partial charge >= 0.3 is 0 Å². The molecule has 1 saturated heterocycles. The van der Waals surface area contributed by atoms with E-state index in [1.807, 2.05) is 37.3 Å². The summed E-state index contributed by atoms with van der Waals surface area (Å²) in [5.74, 6) is -1.10. The number of rotatable bonds is 5. The summed E-state index contributed by atoms with van der Waals surface area (Å²) in [4.78, 5) is 38.4. The molecule has 3 aromatic carbocycles. The van der Waals surface area contributed by atoms with Crippen LogP contribution in [0.25, 0.3) is 5.76 Å². The summed E-state index contributed by atoms with van der Waals surface area (Å²) in [6.45, 7) is 2.09. The Morgan fingerprint density at radius 2 is 1.80 bits per heavy atom. The molecule has 5 rings (SSSR count). The van der Waals surface area contributed by atoms with Crippen LogP contribution >= 0.6 is 0 Å². The van der Waals surface area contributed by atoms with Gasteiger partial charge in [-0.2, -0.15) is 0 Å². The van der Waals surface area contributed by atoms with E-state index in [4.69, 9.17) is 4.74 Å². The van der Waals surface area contributed by atoms with Crippen molar-refractivity contribution in [1.82, 2.24) is 4.90 Å². The Hall–Kier alpha value is -4.46. The highest BCUT2D eigenvalue weighted by Crippen LogP contribution is 2.41. The molecule has 2 heterocycles. The van der Waals surface area contributed by atoms with Crippen LogP contribution in [0, 0.1) is 10.1 Å². The second kappa shape index (κ2) is 8.72. The first-order valence-corrected chi connectivity index (χ1v) is 11.2. The summed E-state index contributed by atoms with van der Waals surface area (Å²) in [6, 6.07) is 19.1. The van der Waals surface area contributed by atoms with Crippen LogP contribution in [0.2, 0.25) is 0 Å². The molecule has 0 saturated carbocycles. The van der Waals surface area contributed by atoms with Gasteiger partial charge in [0.15, 0.2) is 0 Å². The molecule has 176 valence electrons. The largest absolute Gasteiger partial charge is 0.507 e. The minimum Gasteiger partial charge on any atom is -0.507 e. The third-order valence-electron chi connectivity index (χ3n) is 6.32. The first-order chi connectivity index (χ1) is 16.8. The Morgan fingerprint density at radius 1 is 1.09 bits per heavy atom. The van der Waals surface area contributed by atoms with E-state index in [2.05, 4.69) is 0 Å². The van der Waals surface area contributed by atoms with Crippen molar-refractivity contribution in [2.24, 2.45) is 0 Å². The van der Waals surface area contributed by atoms with Crippen LogP contribution in [0.3, 0.4) is 0 Å². The Balaban J connectivity index is 1.63. The van der Waals surface area contributed by atoms with Gasteiger partial charge in [0, 0.05) is 30.7 Å². The first-order valence-electron chi connectivity index (χ1n) is 11.2. The number of amides is 1. The lowest BCUT2D eigenvalue weighted by molar-refractivity contribution is -0.384. The van der Waals surface area contributed by atoms with E-state index in [-0.39, 0.29) is 29.7 Å². The van der Waals surface area contributed by atoms with Gasteiger partial charge in [-0.15, -0.1) is 0 Å². The number of fused-ring (bicyclic) bond motifs is 1. The number of hydrogen-bond donors (Lipinski definition) is 1. The Bertz CT molecular complexity index is 1360. The molecule has 2 aliphatic rings. The molecule has 1 fully saturated rings. The molecule has 0 aromatic heterocycles. The molecule has 35 heavy (non-hydrogen) atoms. The van der Waals surface area contributed by atoms with Crippen LogP contribution in [0.15, 0.2) is 78.4 Å². The smallest absolute Gasteiger partial charge is 0.295 e.